The highest BCUT2D eigenvalue weighted by atomic mass is 32.2. The second kappa shape index (κ2) is 9.93. The van der Waals surface area contributed by atoms with E-state index in [9.17, 15) is 18.0 Å². The van der Waals surface area contributed by atoms with Crippen LogP contribution in [0.3, 0.4) is 0 Å². The van der Waals surface area contributed by atoms with Gasteiger partial charge in [0.2, 0.25) is 5.91 Å². The Balaban J connectivity index is 2.82. The maximum Gasteiger partial charge on any atom is 0.408 e. The predicted octanol–water partition coefficient (Wildman–Crippen LogP) is 1.61. The fourth-order valence-corrected chi connectivity index (χ4v) is 4.24. The molecule has 0 aliphatic heterocycles. The monoisotopic (exact) mass is 401 g/mol. The first kappa shape index (κ1) is 23.2. The van der Waals surface area contributed by atoms with E-state index in [4.69, 9.17) is 10.00 Å². The van der Waals surface area contributed by atoms with Gasteiger partial charge >= 0.3 is 6.09 Å². The van der Waals surface area contributed by atoms with Crippen molar-refractivity contribution in [1.82, 2.24) is 10.6 Å². The van der Waals surface area contributed by atoms with Gasteiger partial charge in [-0.3, -0.25) is 4.79 Å². The molecule has 1 saturated carbocycles. The Kier molecular flexibility index (Phi) is 8.54. The Bertz CT molecular complexity index is 671. The molecule has 5 unspecified atom stereocenters. The highest BCUT2D eigenvalue weighted by Crippen LogP contribution is 2.35. The van der Waals surface area contributed by atoms with Crippen LogP contribution < -0.4 is 10.6 Å². The van der Waals surface area contributed by atoms with Gasteiger partial charge in [0.1, 0.15) is 28.0 Å². The maximum atomic E-state index is 12.4. The van der Waals surface area contributed by atoms with E-state index < -0.39 is 39.7 Å². The third kappa shape index (κ3) is 8.16. The van der Waals surface area contributed by atoms with Gasteiger partial charge in [0.15, 0.2) is 0 Å². The molecule has 0 radical (unpaired) electrons. The molecule has 5 atom stereocenters. The second-order valence-electron chi connectivity index (χ2n) is 7.92. The number of nitriles is 1. The summed E-state index contributed by atoms with van der Waals surface area (Å²) in [5.41, 5.74) is 0. The first-order chi connectivity index (χ1) is 12.4. The summed E-state index contributed by atoms with van der Waals surface area (Å²) in [5.74, 6) is -0.288. The molecule has 0 aromatic heterocycles. The van der Waals surface area contributed by atoms with Crippen LogP contribution in [0.25, 0.3) is 0 Å². The molecule has 0 saturated heterocycles. The number of amides is 2. The summed E-state index contributed by atoms with van der Waals surface area (Å²) >= 11 is 0. The van der Waals surface area contributed by atoms with E-state index in [1.165, 1.54) is 6.92 Å². The van der Waals surface area contributed by atoms with Gasteiger partial charge in [0.25, 0.3) is 0 Å². The first-order valence-electron chi connectivity index (χ1n) is 9.27. The lowest BCUT2D eigenvalue weighted by Gasteiger charge is -2.36. The zero-order chi connectivity index (χ0) is 20.8. The molecule has 154 valence electrons. The zero-order valence-electron chi connectivity index (χ0n) is 16.7. The molecule has 27 heavy (non-hydrogen) atoms. The van der Waals surface area contributed by atoms with Gasteiger partial charge in [-0.1, -0.05) is 27.2 Å². The van der Waals surface area contributed by atoms with Crippen molar-refractivity contribution in [3.05, 3.63) is 0 Å². The third-order valence-electron chi connectivity index (χ3n) is 4.85. The number of ether oxygens (including phenoxy) is 1. The Hall–Kier alpha value is -1.82. The average Bonchev–Trinajstić information content (AvgIpc) is 2.52. The van der Waals surface area contributed by atoms with Crippen molar-refractivity contribution in [2.24, 2.45) is 17.8 Å². The lowest BCUT2D eigenvalue weighted by Crippen LogP contribution is -2.53. The van der Waals surface area contributed by atoms with E-state index in [1.54, 1.807) is 0 Å². The summed E-state index contributed by atoms with van der Waals surface area (Å²) in [6.07, 6.45) is 2.68. The van der Waals surface area contributed by atoms with E-state index in [2.05, 4.69) is 31.4 Å². The molecular weight excluding hydrogens is 370 g/mol. The molecule has 0 bridgehead atoms. The van der Waals surface area contributed by atoms with Crippen LogP contribution in [0.1, 0.15) is 47.0 Å². The standard InChI is InChI=1S/C18H31N3O5S/c1-11(2)14-7-6-12(3)8-16(14)26-18(23)21-15(10-27(5,24)25)17(22)20-13(4)9-19/h11-16H,6-8,10H2,1-5H3,(H,20,22)(H,21,23). The molecule has 0 aromatic rings. The summed E-state index contributed by atoms with van der Waals surface area (Å²) in [4.78, 5) is 24.6. The predicted molar refractivity (Wildman–Crippen MR) is 101 cm³/mol. The molecular formula is C18H31N3O5S. The molecule has 0 spiro atoms. The number of carbonyl (C=O) groups excluding carboxylic acids is 2. The van der Waals surface area contributed by atoms with Crippen LogP contribution in [0.5, 0.6) is 0 Å². The Morgan fingerprint density at radius 3 is 2.37 bits per heavy atom. The van der Waals surface area contributed by atoms with E-state index in [0.29, 0.717) is 11.8 Å². The van der Waals surface area contributed by atoms with Gasteiger partial charge in [0.05, 0.1) is 11.8 Å². The number of alkyl carbamates (subject to hydrolysis) is 1. The number of carbonyl (C=O) groups is 2. The van der Waals surface area contributed by atoms with Crippen LogP contribution in [0.2, 0.25) is 0 Å². The minimum absolute atomic E-state index is 0.229. The molecule has 2 N–H and O–H groups in total. The molecule has 0 heterocycles. The van der Waals surface area contributed by atoms with Crippen molar-refractivity contribution < 1.29 is 22.7 Å². The summed E-state index contributed by atoms with van der Waals surface area (Å²) in [5, 5.41) is 13.5. The van der Waals surface area contributed by atoms with Crippen LogP contribution in [0, 0.1) is 29.1 Å². The van der Waals surface area contributed by atoms with E-state index in [1.807, 2.05) is 6.07 Å². The van der Waals surface area contributed by atoms with E-state index in [0.717, 1.165) is 25.5 Å². The largest absolute Gasteiger partial charge is 0.446 e. The molecule has 0 aromatic carbocycles. The van der Waals surface area contributed by atoms with Gasteiger partial charge in [-0.25, -0.2) is 13.2 Å². The SMILES string of the molecule is CC1CCC(C(C)C)C(OC(=O)NC(CS(C)(=O)=O)C(=O)NC(C)C#N)C1. The third-order valence-corrected chi connectivity index (χ3v) is 5.79. The average molecular weight is 402 g/mol. The quantitative estimate of drug-likeness (QED) is 0.668. The normalized spacial score (nSPS) is 25.1. The topological polar surface area (TPSA) is 125 Å². The number of sulfone groups is 1. The lowest BCUT2D eigenvalue weighted by molar-refractivity contribution is -0.123. The van der Waals surface area contributed by atoms with E-state index in [-0.39, 0.29) is 12.0 Å². The van der Waals surface area contributed by atoms with Crippen molar-refractivity contribution in [3.63, 3.8) is 0 Å². The highest BCUT2D eigenvalue weighted by Gasteiger charge is 2.34. The minimum Gasteiger partial charge on any atom is -0.446 e. The fourth-order valence-electron chi connectivity index (χ4n) is 3.40. The van der Waals surface area contributed by atoms with Crippen molar-refractivity contribution in [2.75, 3.05) is 12.0 Å². The fraction of sp³-hybridized carbons (Fsp3) is 0.833. The molecule has 1 fully saturated rings. The Morgan fingerprint density at radius 1 is 1.22 bits per heavy atom. The molecule has 9 heteroatoms. The second-order valence-corrected chi connectivity index (χ2v) is 10.1. The molecule has 1 rings (SSSR count). The molecule has 2 amide bonds. The molecule has 8 nitrogen and oxygen atoms in total. The number of rotatable bonds is 7. The Labute approximate surface area is 161 Å². The van der Waals surface area contributed by atoms with Gasteiger partial charge in [0, 0.05) is 6.26 Å². The summed E-state index contributed by atoms with van der Waals surface area (Å²) in [6, 6.07) is -0.291. The summed E-state index contributed by atoms with van der Waals surface area (Å²) in [6.45, 7) is 7.73. The van der Waals surface area contributed by atoms with Crippen LogP contribution >= 0.6 is 0 Å². The summed E-state index contributed by atoms with van der Waals surface area (Å²) in [7, 11) is -3.54. The molecule has 1 aliphatic carbocycles. The minimum atomic E-state index is -3.54. The molecule has 1 aliphatic rings. The number of nitrogens with zero attached hydrogens (tertiary/aromatic N) is 1. The van der Waals surface area contributed by atoms with Gasteiger partial charge < -0.3 is 15.4 Å². The summed E-state index contributed by atoms with van der Waals surface area (Å²) < 4.78 is 28.8. The maximum absolute atomic E-state index is 12.4. The van der Waals surface area contributed by atoms with Crippen molar-refractivity contribution in [1.29, 1.82) is 5.26 Å². The van der Waals surface area contributed by atoms with Gasteiger partial charge in [-0.15, -0.1) is 0 Å². The number of nitrogens with one attached hydrogen (secondary N) is 2. The van der Waals surface area contributed by atoms with Gasteiger partial charge in [-0.2, -0.15) is 5.26 Å². The number of hydrogen-bond donors (Lipinski definition) is 2. The van der Waals surface area contributed by atoms with Crippen LogP contribution in [0.4, 0.5) is 4.79 Å². The number of hydrogen-bond acceptors (Lipinski definition) is 6. The smallest absolute Gasteiger partial charge is 0.408 e. The lowest BCUT2D eigenvalue weighted by atomic mass is 9.75. The van der Waals surface area contributed by atoms with Crippen LogP contribution in [-0.4, -0.2) is 50.6 Å². The Morgan fingerprint density at radius 2 is 1.85 bits per heavy atom. The van der Waals surface area contributed by atoms with Crippen molar-refractivity contribution in [2.45, 2.75) is 65.1 Å². The van der Waals surface area contributed by atoms with Crippen molar-refractivity contribution >= 4 is 21.8 Å². The van der Waals surface area contributed by atoms with Gasteiger partial charge in [-0.05, 0) is 37.5 Å². The zero-order valence-corrected chi connectivity index (χ0v) is 17.5. The first-order valence-corrected chi connectivity index (χ1v) is 11.3. The highest BCUT2D eigenvalue weighted by molar-refractivity contribution is 7.90. The van der Waals surface area contributed by atoms with E-state index >= 15 is 0 Å². The van der Waals surface area contributed by atoms with Crippen LogP contribution in [0.15, 0.2) is 0 Å². The van der Waals surface area contributed by atoms with Crippen molar-refractivity contribution in [3.8, 4) is 6.07 Å². The van der Waals surface area contributed by atoms with Crippen LogP contribution in [-0.2, 0) is 19.4 Å².